The first-order chi connectivity index (χ1) is 15.5. The average molecular weight is 513 g/mol. The predicted octanol–water partition coefficient (Wildman–Crippen LogP) is 3.86. The maximum atomic E-state index is 12.8. The van der Waals surface area contributed by atoms with Crippen molar-refractivity contribution in [1.29, 1.82) is 0 Å². The van der Waals surface area contributed by atoms with Crippen LogP contribution in [-0.4, -0.2) is 52.2 Å². The van der Waals surface area contributed by atoms with Gasteiger partial charge in [-0.2, -0.15) is 0 Å². The molecule has 0 aromatic heterocycles. The van der Waals surface area contributed by atoms with Gasteiger partial charge in [-0.05, 0) is 67.7 Å². The number of nitrogens with zero attached hydrogens (tertiary/aromatic N) is 2. The number of nitrogen functional groups attached to an aromatic ring is 1. The normalized spacial score (nSPS) is 15.4. The lowest BCUT2D eigenvalue weighted by Crippen LogP contribution is -2.37. The van der Waals surface area contributed by atoms with Crippen LogP contribution in [-0.2, 0) is 21.2 Å². The van der Waals surface area contributed by atoms with Gasteiger partial charge in [0.2, 0.25) is 15.9 Å². The Kier molecular flexibility index (Phi) is 8.50. The van der Waals surface area contributed by atoms with E-state index in [0.717, 1.165) is 47.6 Å². The number of halogens is 2. The first-order valence-corrected chi connectivity index (χ1v) is 13.4. The largest absolute Gasteiger partial charge is 0.397 e. The molecule has 3 rings (SSSR count). The number of hydrogen-bond acceptors (Lipinski definition) is 5. The van der Waals surface area contributed by atoms with Crippen molar-refractivity contribution in [2.45, 2.75) is 31.7 Å². The second kappa shape index (κ2) is 11.0. The zero-order valence-corrected chi connectivity index (χ0v) is 21.2. The molecule has 3 N–H and O–H groups in total. The molecule has 1 unspecified atom stereocenters. The minimum absolute atomic E-state index is 0.0822. The molecule has 1 saturated heterocycles. The predicted molar refractivity (Wildman–Crippen MR) is 135 cm³/mol. The maximum absolute atomic E-state index is 12.8. The van der Waals surface area contributed by atoms with Crippen molar-refractivity contribution in [1.82, 2.24) is 10.2 Å². The first-order valence-electron chi connectivity index (χ1n) is 10.8. The highest BCUT2D eigenvalue weighted by Crippen LogP contribution is 2.29. The van der Waals surface area contributed by atoms with Crippen LogP contribution in [0.1, 0.15) is 36.4 Å². The van der Waals surface area contributed by atoms with Gasteiger partial charge in [0.25, 0.3) is 0 Å². The van der Waals surface area contributed by atoms with Crippen LogP contribution >= 0.6 is 23.2 Å². The number of nitrogens with two attached hydrogens (primary N) is 1. The summed E-state index contributed by atoms with van der Waals surface area (Å²) in [4.78, 5) is 15.1. The fourth-order valence-corrected chi connectivity index (χ4v) is 4.78. The van der Waals surface area contributed by atoms with Crippen molar-refractivity contribution < 1.29 is 13.2 Å². The molecule has 1 aliphatic rings. The fourth-order valence-electron chi connectivity index (χ4n) is 3.93. The Bertz CT molecular complexity index is 1100. The van der Waals surface area contributed by atoms with E-state index in [9.17, 15) is 13.2 Å². The molecule has 180 valence electrons. The lowest BCUT2D eigenvalue weighted by molar-refractivity contribution is -0.121. The van der Waals surface area contributed by atoms with Crippen molar-refractivity contribution in [2.75, 3.05) is 43.0 Å². The van der Waals surface area contributed by atoms with Gasteiger partial charge in [0.05, 0.1) is 33.7 Å². The molecule has 1 aliphatic heterocycles. The zero-order chi connectivity index (χ0) is 24.2. The minimum atomic E-state index is -3.43. The lowest BCUT2D eigenvalue weighted by Gasteiger charge is -2.26. The molecule has 0 saturated carbocycles. The number of amides is 1. The van der Waals surface area contributed by atoms with Crippen LogP contribution in [0.3, 0.4) is 0 Å². The van der Waals surface area contributed by atoms with Gasteiger partial charge < -0.3 is 16.0 Å². The smallest absolute Gasteiger partial charge is 0.232 e. The molecule has 1 fully saturated rings. The molecule has 10 heteroatoms. The fraction of sp³-hybridized carbons (Fsp3) is 0.435. The number of rotatable bonds is 9. The first kappa shape index (κ1) is 25.6. The van der Waals surface area contributed by atoms with Crippen molar-refractivity contribution in [3.8, 4) is 0 Å². The highest BCUT2D eigenvalue weighted by Gasteiger charge is 2.23. The van der Waals surface area contributed by atoms with Crippen molar-refractivity contribution >= 4 is 50.5 Å². The summed E-state index contributed by atoms with van der Waals surface area (Å²) in [6.07, 6.45) is 4.25. The SMILES string of the molecule is CN(c1ccc(C(CN2CCCC2)NC(=O)CCc2ccc(Cl)c(Cl)c2)cc1N)S(C)(=O)=O. The Morgan fingerprint density at radius 3 is 2.45 bits per heavy atom. The van der Waals surface area contributed by atoms with Crippen LogP contribution in [0.5, 0.6) is 0 Å². The summed E-state index contributed by atoms with van der Waals surface area (Å²) in [5, 5.41) is 4.09. The van der Waals surface area contributed by atoms with E-state index in [4.69, 9.17) is 28.9 Å². The number of sulfonamides is 1. The number of benzene rings is 2. The molecule has 7 nitrogen and oxygen atoms in total. The van der Waals surface area contributed by atoms with Crippen LogP contribution in [0, 0.1) is 0 Å². The van der Waals surface area contributed by atoms with E-state index in [1.807, 2.05) is 12.1 Å². The molecule has 0 aliphatic carbocycles. The van der Waals surface area contributed by atoms with Crippen LogP contribution in [0.2, 0.25) is 10.0 Å². The highest BCUT2D eigenvalue weighted by molar-refractivity contribution is 7.92. The van der Waals surface area contributed by atoms with Crippen LogP contribution in [0.15, 0.2) is 36.4 Å². The standard InChI is InChI=1S/C23H30Cl2N4O3S/c1-28(33(2,31)32)22-9-7-17(14-20(22)26)21(15-29-11-3-4-12-29)27-23(30)10-6-16-5-8-18(24)19(25)13-16/h5,7-9,13-14,21H,3-4,6,10-12,15,26H2,1-2H3,(H,27,30). The van der Waals surface area contributed by atoms with E-state index >= 15 is 0 Å². The van der Waals surface area contributed by atoms with Gasteiger partial charge in [0.1, 0.15) is 0 Å². The second-order valence-corrected chi connectivity index (χ2v) is 11.3. The molecule has 33 heavy (non-hydrogen) atoms. The lowest BCUT2D eigenvalue weighted by atomic mass is 10.0. The number of likely N-dealkylation sites (tertiary alicyclic amines) is 1. The molecular formula is C23H30Cl2N4O3S. The van der Waals surface area contributed by atoms with Crippen molar-refractivity contribution in [3.63, 3.8) is 0 Å². The van der Waals surface area contributed by atoms with Crippen LogP contribution in [0.4, 0.5) is 11.4 Å². The van der Waals surface area contributed by atoms with Gasteiger partial charge in [0, 0.05) is 20.0 Å². The summed E-state index contributed by atoms with van der Waals surface area (Å²) in [5.41, 5.74) is 8.73. The van der Waals surface area contributed by atoms with E-state index in [2.05, 4.69) is 10.2 Å². The van der Waals surface area contributed by atoms with Gasteiger partial charge in [-0.25, -0.2) is 8.42 Å². The average Bonchev–Trinajstić information content (AvgIpc) is 3.26. The Balaban J connectivity index is 1.74. The molecule has 0 radical (unpaired) electrons. The second-order valence-electron chi connectivity index (χ2n) is 8.43. The Labute approximate surface area is 205 Å². The van der Waals surface area contributed by atoms with Crippen molar-refractivity contribution in [3.05, 3.63) is 57.6 Å². The van der Waals surface area contributed by atoms with Gasteiger partial charge >= 0.3 is 0 Å². The topological polar surface area (TPSA) is 95.7 Å². The molecular weight excluding hydrogens is 483 g/mol. The molecule has 0 bridgehead atoms. The van der Waals surface area contributed by atoms with E-state index in [1.54, 1.807) is 24.3 Å². The Morgan fingerprint density at radius 2 is 1.85 bits per heavy atom. The van der Waals surface area contributed by atoms with E-state index < -0.39 is 10.0 Å². The zero-order valence-electron chi connectivity index (χ0n) is 18.9. The number of nitrogens with one attached hydrogen (secondary N) is 1. The Hall–Kier alpha value is -2.00. The monoisotopic (exact) mass is 512 g/mol. The molecule has 1 heterocycles. The quantitative estimate of drug-likeness (QED) is 0.497. The molecule has 1 atom stereocenters. The molecule has 0 spiro atoms. The summed E-state index contributed by atoms with van der Waals surface area (Å²) in [5.74, 6) is -0.0822. The number of carbonyl (C=O) groups is 1. The van der Waals surface area contributed by atoms with Crippen LogP contribution in [0.25, 0.3) is 0 Å². The van der Waals surface area contributed by atoms with E-state index in [-0.39, 0.29) is 11.9 Å². The molecule has 1 amide bonds. The third-order valence-electron chi connectivity index (χ3n) is 5.89. The third kappa shape index (κ3) is 6.99. The summed E-state index contributed by atoms with van der Waals surface area (Å²) >= 11 is 12.0. The van der Waals surface area contributed by atoms with E-state index in [0.29, 0.717) is 40.8 Å². The highest BCUT2D eigenvalue weighted by atomic mass is 35.5. The summed E-state index contributed by atoms with van der Waals surface area (Å²) in [6, 6.07) is 10.4. The number of anilines is 2. The summed E-state index contributed by atoms with van der Waals surface area (Å²) in [6.45, 7) is 2.64. The van der Waals surface area contributed by atoms with Crippen LogP contribution < -0.4 is 15.4 Å². The minimum Gasteiger partial charge on any atom is -0.397 e. The number of aryl methyl sites for hydroxylation is 1. The summed E-state index contributed by atoms with van der Waals surface area (Å²) < 4.78 is 24.9. The third-order valence-corrected chi connectivity index (χ3v) is 7.82. The van der Waals surface area contributed by atoms with Gasteiger partial charge in [-0.15, -0.1) is 0 Å². The summed E-state index contributed by atoms with van der Waals surface area (Å²) in [7, 11) is -1.97. The van der Waals surface area contributed by atoms with Gasteiger partial charge in [-0.1, -0.05) is 35.3 Å². The van der Waals surface area contributed by atoms with Gasteiger partial charge in [0.15, 0.2) is 0 Å². The number of carbonyl (C=O) groups excluding carboxylic acids is 1. The molecule has 2 aromatic rings. The van der Waals surface area contributed by atoms with Gasteiger partial charge in [-0.3, -0.25) is 9.10 Å². The molecule has 2 aromatic carbocycles. The van der Waals surface area contributed by atoms with Crippen molar-refractivity contribution in [2.24, 2.45) is 0 Å². The Morgan fingerprint density at radius 1 is 1.15 bits per heavy atom. The van der Waals surface area contributed by atoms with E-state index in [1.165, 1.54) is 7.05 Å². The number of hydrogen-bond donors (Lipinski definition) is 2. The maximum Gasteiger partial charge on any atom is 0.232 e.